The van der Waals surface area contributed by atoms with Gasteiger partial charge in [-0.25, -0.2) is 0 Å². The van der Waals surface area contributed by atoms with Crippen molar-refractivity contribution in [1.82, 2.24) is 9.97 Å². The number of aromatic nitrogens is 2. The van der Waals surface area contributed by atoms with Gasteiger partial charge >= 0.3 is 0 Å². The minimum absolute atomic E-state index is 0.555. The molecule has 0 aliphatic carbocycles. The standard InChI is InChI=1S/C16H16N2O2/c1-9-11(3)15(7-19)17-13(9)5-6-14-10(2)12(4)16(8-20)18-14/h7-8,17-18H,1-4H3. The molecule has 4 nitrogen and oxygen atoms in total. The van der Waals surface area contributed by atoms with Gasteiger partial charge in [0, 0.05) is 0 Å². The van der Waals surface area contributed by atoms with Crippen molar-refractivity contribution < 1.29 is 9.59 Å². The predicted molar refractivity (Wildman–Crippen MR) is 77.3 cm³/mol. The molecule has 2 aromatic heterocycles. The number of rotatable bonds is 2. The molecular formula is C16H16N2O2. The van der Waals surface area contributed by atoms with Gasteiger partial charge in [-0.15, -0.1) is 0 Å². The molecule has 2 rings (SSSR count). The lowest BCUT2D eigenvalue weighted by molar-refractivity contribution is 0.111. The number of carbonyl (C=O) groups is 2. The minimum Gasteiger partial charge on any atom is -0.345 e. The second kappa shape index (κ2) is 5.22. The number of aldehydes is 2. The van der Waals surface area contributed by atoms with Gasteiger partial charge in [-0.2, -0.15) is 0 Å². The van der Waals surface area contributed by atoms with Crippen LogP contribution >= 0.6 is 0 Å². The molecule has 0 spiro atoms. The maximum Gasteiger partial charge on any atom is 0.166 e. The average Bonchev–Trinajstić information content (AvgIpc) is 2.88. The van der Waals surface area contributed by atoms with Crippen molar-refractivity contribution in [1.29, 1.82) is 0 Å². The Labute approximate surface area is 117 Å². The van der Waals surface area contributed by atoms with Crippen LogP contribution in [0, 0.1) is 39.5 Å². The van der Waals surface area contributed by atoms with Gasteiger partial charge in [0.15, 0.2) is 12.6 Å². The Hall–Kier alpha value is -2.54. The van der Waals surface area contributed by atoms with Crippen LogP contribution in [0.25, 0.3) is 0 Å². The van der Waals surface area contributed by atoms with Crippen molar-refractivity contribution >= 4 is 12.6 Å². The zero-order valence-electron chi connectivity index (χ0n) is 12.0. The molecule has 0 amide bonds. The van der Waals surface area contributed by atoms with E-state index in [0.29, 0.717) is 11.4 Å². The lowest BCUT2D eigenvalue weighted by atomic mass is 10.1. The first-order chi connectivity index (χ1) is 9.49. The van der Waals surface area contributed by atoms with E-state index in [1.54, 1.807) is 0 Å². The third-order valence-electron chi connectivity index (χ3n) is 3.75. The Kier molecular flexibility index (Phi) is 3.62. The van der Waals surface area contributed by atoms with Crippen molar-refractivity contribution in [2.45, 2.75) is 27.7 Å². The van der Waals surface area contributed by atoms with E-state index in [9.17, 15) is 9.59 Å². The second-order valence-electron chi connectivity index (χ2n) is 4.81. The predicted octanol–water partition coefficient (Wildman–Crippen LogP) is 2.60. The van der Waals surface area contributed by atoms with Gasteiger partial charge in [-0.3, -0.25) is 9.59 Å². The quantitative estimate of drug-likeness (QED) is 0.649. The van der Waals surface area contributed by atoms with E-state index < -0.39 is 0 Å². The molecule has 2 N–H and O–H groups in total. The van der Waals surface area contributed by atoms with Gasteiger partial charge in [0.1, 0.15) is 0 Å². The molecule has 0 unspecified atom stereocenters. The van der Waals surface area contributed by atoms with E-state index in [4.69, 9.17) is 0 Å². The third-order valence-corrected chi connectivity index (χ3v) is 3.75. The van der Waals surface area contributed by atoms with Gasteiger partial charge in [0.05, 0.1) is 22.8 Å². The summed E-state index contributed by atoms with van der Waals surface area (Å²) >= 11 is 0. The number of H-pyrrole nitrogens is 2. The molecule has 0 radical (unpaired) electrons. The average molecular weight is 268 g/mol. The summed E-state index contributed by atoms with van der Waals surface area (Å²) in [5, 5.41) is 0. The van der Waals surface area contributed by atoms with Crippen LogP contribution in [-0.2, 0) is 0 Å². The van der Waals surface area contributed by atoms with E-state index in [1.165, 1.54) is 0 Å². The summed E-state index contributed by atoms with van der Waals surface area (Å²) in [6.45, 7) is 7.61. The highest BCUT2D eigenvalue weighted by molar-refractivity contribution is 5.77. The molecule has 0 fully saturated rings. The molecule has 0 saturated heterocycles. The fourth-order valence-electron chi connectivity index (χ4n) is 2.03. The topological polar surface area (TPSA) is 65.7 Å². The first-order valence-corrected chi connectivity index (χ1v) is 6.30. The highest BCUT2D eigenvalue weighted by Crippen LogP contribution is 2.17. The van der Waals surface area contributed by atoms with Crippen LogP contribution in [0.4, 0.5) is 0 Å². The molecule has 2 aromatic rings. The molecule has 0 saturated carbocycles. The zero-order chi connectivity index (χ0) is 14.9. The number of carbonyl (C=O) groups excluding carboxylic acids is 2. The normalized spacial score (nSPS) is 10.0. The second-order valence-corrected chi connectivity index (χ2v) is 4.81. The van der Waals surface area contributed by atoms with E-state index in [1.807, 2.05) is 27.7 Å². The summed E-state index contributed by atoms with van der Waals surface area (Å²) in [6.07, 6.45) is 1.59. The maximum absolute atomic E-state index is 10.9. The van der Waals surface area contributed by atoms with Crippen molar-refractivity contribution in [3.63, 3.8) is 0 Å². The zero-order valence-corrected chi connectivity index (χ0v) is 12.0. The first-order valence-electron chi connectivity index (χ1n) is 6.30. The van der Waals surface area contributed by atoms with Gasteiger partial charge in [0.25, 0.3) is 0 Å². The van der Waals surface area contributed by atoms with Crippen LogP contribution in [0.2, 0.25) is 0 Å². The van der Waals surface area contributed by atoms with Crippen LogP contribution < -0.4 is 0 Å². The van der Waals surface area contributed by atoms with Crippen molar-refractivity contribution in [2.24, 2.45) is 0 Å². The molecule has 4 heteroatoms. The fourth-order valence-corrected chi connectivity index (χ4v) is 2.03. The Morgan fingerprint density at radius 3 is 1.30 bits per heavy atom. The van der Waals surface area contributed by atoms with E-state index in [-0.39, 0.29) is 0 Å². The molecule has 20 heavy (non-hydrogen) atoms. The molecule has 0 atom stereocenters. The van der Waals surface area contributed by atoms with E-state index >= 15 is 0 Å². The Balaban J connectivity index is 2.46. The molecule has 0 aliphatic rings. The maximum atomic E-state index is 10.9. The largest absolute Gasteiger partial charge is 0.345 e. The van der Waals surface area contributed by atoms with Crippen LogP contribution in [0.3, 0.4) is 0 Å². The number of nitrogens with one attached hydrogen (secondary N) is 2. The number of hydrogen-bond acceptors (Lipinski definition) is 2. The summed E-state index contributed by atoms with van der Waals surface area (Å²) in [6, 6.07) is 0. The Bertz CT molecular complexity index is 690. The Morgan fingerprint density at radius 1 is 0.700 bits per heavy atom. The van der Waals surface area contributed by atoms with Crippen LogP contribution in [0.1, 0.15) is 54.6 Å². The molecule has 102 valence electrons. The highest BCUT2D eigenvalue weighted by atomic mass is 16.1. The fraction of sp³-hybridized carbons (Fsp3) is 0.250. The monoisotopic (exact) mass is 268 g/mol. The number of aromatic amines is 2. The molecule has 0 bridgehead atoms. The summed E-state index contributed by atoms with van der Waals surface area (Å²) in [4.78, 5) is 27.8. The molecular weight excluding hydrogens is 252 g/mol. The first kappa shape index (κ1) is 13.9. The van der Waals surface area contributed by atoms with E-state index in [2.05, 4.69) is 21.8 Å². The Morgan fingerprint density at radius 2 is 1.05 bits per heavy atom. The lowest BCUT2D eigenvalue weighted by Crippen LogP contribution is -1.83. The van der Waals surface area contributed by atoms with Crippen LogP contribution in [-0.4, -0.2) is 22.5 Å². The van der Waals surface area contributed by atoms with Crippen molar-refractivity contribution in [3.8, 4) is 11.8 Å². The van der Waals surface area contributed by atoms with Gasteiger partial charge in [-0.1, -0.05) is 0 Å². The summed E-state index contributed by atoms with van der Waals surface area (Å²) in [5.41, 5.74) is 6.33. The van der Waals surface area contributed by atoms with Crippen molar-refractivity contribution in [3.05, 3.63) is 45.0 Å². The smallest absolute Gasteiger partial charge is 0.166 e. The third kappa shape index (κ3) is 2.19. The lowest BCUT2D eigenvalue weighted by Gasteiger charge is -1.90. The minimum atomic E-state index is 0.555. The highest BCUT2D eigenvalue weighted by Gasteiger charge is 2.09. The van der Waals surface area contributed by atoms with Gasteiger partial charge in [0.2, 0.25) is 0 Å². The van der Waals surface area contributed by atoms with Gasteiger partial charge < -0.3 is 9.97 Å². The van der Waals surface area contributed by atoms with Gasteiger partial charge in [-0.05, 0) is 61.8 Å². The SMILES string of the molecule is Cc1c(C#Cc2[nH]c(C=O)c(C)c2C)[nH]c(C=O)c1C. The van der Waals surface area contributed by atoms with Crippen LogP contribution in [0.5, 0.6) is 0 Å². The number of hydrogen-bond donors (Lipinski definition) is 2. The van der Waals surface area contributed by atoms with E-state index in [0.717, 1.165) is 46.2 Å². The van der Waals surface area contributed by atoms with Crippen LogP contribution in [0.15, 0.2) is 0 Å². The molecule has 0 aromatic carbocycles. The summed E-state index contributed by atoms with van der Waals surface area (Å²) < 4.78 is 0. The molecule has 2 heterocycles. The molecule has 0 aliphatic heterocycles. The summed E-state index contributed by atoms with van der Waals surface area (Å²) in [5.74, 6) is 6.04. The van der Waals surface area contributed by atoms with Crippen molar-refractivity contribution in [2.75, 3.05) is 0 Å². The summed E-state index contributed by atoms with van der Waals surface area (Å²) in [7, 11) is 0.